The normalized spacial score (nSPS) is 11.6. The third-order valence-corrected chi connectivity index (χ3v) is 4.49. The molecule has 1 aromatic heterocycles. The molecule has 2 nitrogen and oxygen atoms in total. The summed E-state index contributed by atoms with van der Waals surface area (Å²) >= 11 is 5.08. The standard InChI is InChI=1S/C16H11F3N2S2/c17-16(18,19)23-14-13(11-7-3-1-4-8-11)20-21(15(14)22)12-9-5-2-6-10-12/h1-10,20H. The van der Waals surface area contributed by atoms with Gasteiger partial charge in [-0.3, -0.25) is 5.10 Å². The largest absolute Gasteiger partial charge is 0.446 e. The van der Waals surface area contributed by atoms with Crippen LogP contribution in [0.1, 0.15) is 0 Å². The molecule has 3 aromatic rings. The molecular weight excluding hydrogens is 341 g/mol. The summed E-state index contributed by atoms with van der Waals surface area (Å²) in [7, 11) is 0. The fourth-order valence-corrected chi connectivity index (χ4v) is 3.25. The van der Waals surface area contributed by atoms with E-state index in [1.165, 1.54) is 4.68 Å². The molecule has 3 rings (SSSR count). The van der Waals surface area contributed by atoms with Crippen LogP contribution in [0.4, 0.5) is 13.2 Å². The Kier molecular flexibility index (Phi) is 4.32. The minimum absolute atomic E-state index is 0.00236. The van der Waals surface area contributed by atoms with E-state index in [0.29, 0.717) is 16.9 Å². The van der Waals surface area contributed by atoms with Crippen molar-refractivity contribution < 1.29 is 13.2 Å². The van der Waals surface area contributed by atoms with Crippen LogP contribution in [0.25, 0.3) is 16.9 Å². The monoisotopic (exact) mass is 352 g/mol. The number of halogens is 3. The topological polar surface area (TPSA) is 20.7 Å². The fourth-order valence-electron chi connectivity index (χ4n) is 2.19. The quantitative estimate of drug-likeness (QED) is 0.474. The zero-order chi connectivity index (χ0) is 16.4. The van der Waals surface area contributed by atoms with Gasteiger partial charge in [0.2, 0.25) is 0 Å². The van der Waals surface area contributed by atoms with E-state index >= 15 is 0 Å². The van der Waals surface area contributed by atoms with Gasteiger partial charge in [-0.15, -0.1) is 0 Å². The average molecular weight is 352 g/mol. The highest BCUT2D eigenvalue weighted by Crippen LogP contribution is 2.42. The van der Waals surface area contributed by atoms with Gasteiger partial charge in [-0.2, -0.15) is 13.2 Å². The molecule has 0 bridgehead atoms. The van der Waals surface area contributed by atoms with Crippen LogP contribution in [0.5, 0.6) is 0 Å². The molecule has 0 saturated carbocycles. The Morgan fingerprint density at radius 2 is 1.48 bits per heavy atom. The highest BCUT2D eigenvalue weighted by atomic mass is 32.2. The number of benzene rings is 2. The van der Waals surface area contributed by atoms with Crippen molar-refractivity contribution in [2.24, 2.45) is 0 Å². The number of H-pyrrole nitrogens is 1. The molecule has 0 atom stereocenters. The smallest absolute Gasteiger partial charge is 0.291 e. The number of hydrogen-bond acceptors (Lipinski definition) is 2. The van der Waals surface area contributed by atoms with Crippen LogP contribution in [-0.2, 0) is 0 Å². The lowest BCUT2D eigenvalue weighted by atomic mass is 10.2. The molecule has 0 radical (unpaired) electrons. The van der Waals surface area contributed by atoms with Gasteiger partial charge in [0.1, 0.15) is 4.64 Å². The Balaban J connectivity index is 2.20. The Morgan fingerprint density at radius 3 is 2.04 bits per heavy atom. The molecule has 2 aromatic carbocycles. The summed E-state index contributed by atoms with van der Waals surface area (Å²) in [6, 6.07) is 17.8. The molecule has 0 amide bonds. The van der Waals surface area contributed by atoms with Crippen LogP contribution >= 0.6 is 24.0 Å². The molecule has 0 aliphatic rings. The van der Waals surface area contributed by atoms with Gasteiger partial charge in [0.25, 0.3) is 0 Å². The second-order valence-corrected chi connectivity index (χ2v) is 6.17. The van der Waals surface area contributed by atoms with Crippen LogP contribution in [0.15, 0.2) is 65.6 Å². The summed E-state index contributed by atoms with van der Waals surface area (Å²) < 4.78 is 40.4. The molecule has 0 unspecified atom stereocenters. The summed E-state index contributed by atoms with van der Waals surface area (Å²) in [4.78, 5) is 0.00236. The van der Waals surface area contributed by atoms with E-state index in [1.807, 2.05) is 12.1 Å². The Morgan fingerprint density at radius 1 is 0.913 bits per heavy atom. The molecule has 7 heteroatoms. The molecule has 118 valence electrons. The van der Waals surface area contributed by atoms with Gasteiger partial charge < -0.3 is 0 Å². The van der Waals surface area contributed by atoms with Gasteiger partial charge >= 0.3 is 5.51 Å². The number of nitrogens with zero attached hydrogens (tertiary/aromatic N) is 1. The maximum atomic E-state index is 12.9. The number of thioether (sulfide) groups is 1. The molecular formula is C16H11F3N2S2. The van der Waals surface area contributed by atoms with Gasteiger partial charge in [-0.25, -0.2) is 4.68 Å². The Hall–Kier alpha value is -1.99. The van der Waals surface area contributed by atoms with Crippen molar-refractivity contribution in [2.75, 3.05) is 0 Å². The van der Waals surface area contributed by atoms with Crippen LogP contribution in [-0.4, -0.2) is 15.3 Å². The van der Waals surface area contributed by atoms with Crippen molar-refractivity contribution in [2.45, 2.75) is 10.4 Å². The van der Waals surface area contributed by atoms with E-state index in [-0.39, 0.29) is 21.3 Å². The lowest BCUT2D eigenvalue weighted by Crippen LogP contribution is -1.99. The lowest BCUT2D eigenvalue weighted by Gasteiger charge is -2.05. The maximum Gasteiger partial charge on any atom is 0.446 e. The van der Waals surface area contributed by atoms with E-state index in [4.69, 9.17) is 12.2 Å². The first-order valence-electron chi connectivity index (χ1n) is 6.67. The Bertz CT molecular complexity index is 853. The Labute approximate surface area is 139 Å². The number of para-hydroxylation sites is 1. The van der Waals surface area contributed by atoms with Crippen molar-refractivity contribution in [1.29, 1.82) is 0 Å². The summed E-state index contributed by atoms with van der Waals surface area (Å²) in [5, 5.41) is 3.00. The number of aromatic amines is 1. The van der Waals surface area contributed by atoms with Gasteiger partial charge in [0.05, 0.1) is 16.3 Å². The highest BCUT2D eigenvalue weighted by Gasteiger charge is 2.33. The maximum absolute atomic E-state index is 12.9. The molecule has 1 N–H and O–H groups in total. The second kappa shape index (κ2) is 6.25. The number of alkyl halides is 3. The minimum Gasteiger partial charge on any atom is -0.291 e. The molecule has 1 heterocycles. The van der Waals surface area contributed by atoms with E-state index in [2.05, 4.69) is 5.10 Å². The van der Waals surface area contributed by atoms with Crippen LogP contribution in [0.2, 0.25) is 0 Å². The summed E-state index contributed by atoms with van der Waals surface area (Å²) in [6.45, 7) is 0. The first-order chi connectivity index (χ1) is 11.0. The predicted molar refractivity (Wildman–Crippen MR) is 88.3 cm³/mol. The van der Waals surface area contributed by atoms with E-state index < -0.39 is 5.51 Å². The SMILES string of the molecule is FC(F)(F)Sc1c(-c2ccccc2)[nH]n(-c2ccccc2)c1=S. The molecule has 0 fully saturated rings. The fraction of sp³-hybridized carbons (Fsp3) is 0.0625. The number of hydrogen-bond donors (Lipinski definition) is 1. The summed E-state index contributed by atoms with van der Waals surface area (Å²) in [5.74, 6) is 0. The average Bonchev–Trinajstić information content (AvgIpc) is 2.85. The van der Waals surface area contributed by atoms with Gasteiger partial charge in [0, 0.05) is 5.56 Å². The summed E-state index contributed by atoms with van der Waals surface area (Å²) in [5.41, 5.74) is -2.71. The van der Waals surface area contributed by atoms with Crippen molar-refractivity contribution in [1.82, 2.24) is 9.78 Å². The molecule has 0 aliphatic heterocycles. The lowest BCUT2D eigenvalue weighted by molar-refractivity contribution is -0.0328. The van der Waals surface area contributed by atoms with Crippen molar-refractivity contribution in [3.63, 3.8) is 0 Å². The van der Waals surface area contributed by atoms with Gasteiger partial charge in [-0.05, 0) is 23.9 Å². The highest BCUT2D eigenvalue weighted by molar-refractivity contribution is 8.00. The van der Waals surface area contributed by atoms with Crippen molar-refractivity contribution in [3.8, 4) is 16.9 Å². The molecule has 0 saturated heterocycles. The number of nitrogens with one attached hydrogen (secondary N) is 1. The zero-order valence-corrected chi connectivity index (χ0v) is 13.3. The third-order valence-electron chi connectivity index (χ3n) is 3.14. The van der Waals surface area contributed by atoms with E-state index in [9.17, 15) is 13.2 Å². The van der Waals surface area contributed by atoms with E-state index in [1.54, 1.807) is 48.5 Å². The van der Waals surface area contributed by atoms with Crippen LogP contribution < -0.4 is 0 Å². The van der Waals surface area contributed by atoms with Gasteiger partial charge in [-0.1, -0.05) is 60.7 Å². The first kappa shape index (κ1) is 15.9. The molecule has 0 spiro atoms. The third kappa shape index (κ3) is 3.51. The van der Waals surface area contributed by atoms with E-state index in [0.717, 1.165) is 0 Å². The second-order valence-electron chi connectivity index (χ2n) is 4.71. The van der Waals surface area contributed by atoms with Gasteiger partial charge in [0.15, 0.2) is 0 Å². The van der Waals surface area contributed by atoms with Crippen LogP contribution in [0.3, 0.4) is 0 Å². The number of rotatable bonds is 3. The predicted octanol–water partition coefficient (Wildman–Crippen LogP) is 5.81. The molecule has 23 heavy (non-hydrogen) atoms. The van der Waals surface area contributed by atoms with Crippen molar-refractivity contribution in [3.05, 3.63) is 65.3 Å². The summed E-state index contributed by atoms with van der Waals surface area (Å²) in [6.07, 6.45) is 0. The first-order valence-corrected chi connectivity index (χ1v) is 7.90. The van der Waals surface area contributed by atoms with Crippen molar-refractivity contribution >= 4 is 24.0 Å². The zero-order valence-electron chi connectivity index (χ0n) is 11.7. The van der Waals surface area contributed by atoms with Crippen LogP contribution in [0, 0.1) is 4.64 Å². The minimum atomic E-state index is -4.41. The number of aromatic nitrogens is 2. The molecule has 0 aliphatic carbocycles.